The van der Waals surface area contributed by atoms with Crippen molar-refractivity contribution >= 4 is 0 Å². The quantitative estimate of drug-likeness (QED) is 0.666. The van der Waals surface area contributed by atoms with E-state index >= 15 is 0 Å². The normalized spacial score (nSPS) is 16.8. The van der Waals surface area contributed by atoms with E-state index in [9.17, 15) is 5.11 Å². The van der Waals surface area contributed by atoms with Crippen LogP contribution in [0.4, 0.5) is 0 Å². The number of hydrogen-bond acceptors (Lipinski definition) is 4. The van der Waals surface area contributed by atoms with Gasteiger partial charge in [0.05, 0.1) is 24.2 Å². The highest BCUT2D eigenvalue weighted by Gasteiger charge is 2.13. The van der Waals surface area contributed by atoms with Crippen molar-refractivity contribution in [1.82, 2.24) is 15.1 Å². The van der Waals surface area contributed by atoms with E-state index in [1.54, 1.807) is 12.1 Å². The van der Waals surface area contributed by atoms with E-state index in [4.69, 9.17) is 4.74 Å². The lowest BCUT2D eigenvalue weighted by Gasteiger charge is -2.23. The molecule has 1 saturated heterocycles. The number of piperidine rings is 1. The van der Waals surface area contributed by atoms with E-state index in [1.807, 2.05) is 35.1 Å². The predicted octanol–water partition coefficient (Wildman–Crippen LogP) is 4.46. The number of aromatic hydroxyl groups is 1. The number of nitrogens with zero attached hydrogens (tertiary/aromatic N) is 2. The topological polar surface area (TPSA) is 59.3 Å². The van der Waals surface area contributed by atoms with Gasteiger partial charge < -0.3 is 15.2 Å². The van der Waals surface area contributed by atoms with Crippen LogP contribution < -0.4 is 10.1 Å². The molecule has 0 bridgehead atoms. The standard InChI is InChI=1S/C23H27N3O2/c1-17-16-25-26(20-7-9-21(27)10-8-20)23(17)18-5-11-22(12-6-18)28-15-13-19-4-2-3-14-24-19/h5-12,16,19,24,27H,2-4,13-15H2,1H3. The van der Waals surface area contributed by atoms with Crippen LogP contribution >= 0.6 is 0 Å². The summed E-state index contributed by atoms with van der Waals surface area (Å²) >= 11 is 0. The Labute approximate surface area is 166 Å². The van der Waals surface area contributed by atoms with Crippen LogP contribution in [0.2, 0.25) is 0 Å². The maximum absolute atomic E-state index is 9.53. The van der Waals surface area contributed by atoms with Crippen LogP contribution in [0.15, 0.2) is 54.7 Å². The minimum Gasteiger partial charge on any atom is -0.508 e. The lowest BCUT2D eigenvalue weighted by atomic mass is 10.0. The maximum atomic E-state index is 9.53. The molecule has 1 unspecified atom stereocenters. The second-order valence-electron chi connectivity index (χ2n) is 7.41. The zero-order valence-corrected chi connectivity index (χ0v) is 16.3. The molecule has 28 heavy (non-hydrogen) atoms. The molecule has 1 aliphatic heterocycles. The van der Waals surface area contributed by atoms with Crippen LogP contribution in [0.1, 0.15) is 31.2 Å². The molecule has 2 aromatic carbocycles. The Bertz CT molecular complexity index is 895. The molecule has 3 aromatic rings. The summed E-state index contributed by atoms with van der Waals surface area (Å²) in [5.74, 6) is 1.15. The molecule has 0 saturated carbocycles. The summed E-state index contributed by atoms with van der Waals surface area (Å²) < 4.78 is 7.85. The van der Waals surface area contributed by atoms with Gasteiger partial charge in [0.2, 0.25) is 0 Å². The lowest BCUT2D eigenvalue weighted by Crippen LogP contribution is -2.35. The van der Waals surface area contributed by atoms with Crippen molar-refractivity contribution in [1.29, 1.82) is 0 Å². The Hall–Kier alpha value is -2.79. The van der Waals surface area contributed by atoms with E-state index in [0.717, 1.165) is 47.8 Å². The van der Waals surface area contributed by atoms with E-state index in [1.165, 1.54) is 19.3 Å². The molecule has 0 spiro atoms. The van der Waals surface area contributed by atoms with E-state index in [2.05, 4.69) is 29.5 Å². The number of phenolic OH excluding ortho intramolecular Hbond substituents is 1. The van der Waals surface area contributed by atoms with E-state index in [0.29, 0.717) is 6.04 Å². The Balaban J connectivity index is 1.45. The Morgan fingerprint density at radius 2 is 1.89 bits per heavy atom. The van der Waals surface area contributed by atoms with Crippen molar-refractivity contribution in [3.63, 3.8) is 0 Å². The molecular weight excluding hydrogens is 350 g/mol. The molecule has 0 aliphatic carbocycles. The van der Waals surface area contributed by atoms with Crippen molar-refractivity contribution in [3.8, 4) is 28.4 Å². The molecule has 5 nitrogen and oxygen atoms in total. The molecule has 0 amide bonds. The van der Waals surface area contributed by atoms with Crippen LogP contribution in [0.5, 0.6) is 11.5 Å². The Morgan fingerprint density at radius 3 is 2.61 bits per heavy atom. The third-order valence-electron chi connectivity index (χ3n) is 5.32. The summed E-state index contributed by atoms with van der Waals surface area (Å²) in [6.45, 7) is 3.93. The predicted molar refractivity (Wildman–Crippen MR) is 111 cm³/mol. The van der Waals surface area contributed by atoms with Crippen molar-refractivity contribution in [3.05, 3.63) is 60.3 Å². The molecule has 1 aromatic heterocycles. The SMILES string of the molecule is Cc1cnn(-c2ccc(O)cc2)c1-c1ccc(OCCC2CCCCN2)cc1. The summed E-state index contributed by atoms with van der Waals surface area (Å²) in [7, 11) is 0. The number of phenols is 1. The van der Waals surface area contributed by atoms with Gasteiger partial charge in [-0.25, -0.2) is 4.68 Å². The average Bonchev–Trinajstić information content (AvgIpc) is 3.11. The molecular formula is C23H27N3O2. The highest BCUT2D eigenvalue weighted by atomic mass is 16.5. The Kier molecular flexibility index (Phi) is 5.63. The second-order valence-corrected chi connectivity index (χ2v) is 7.41. The zero-order chi connectivity index (χ0) is 19.3. The van der Waals surface area contributed by atoms with E-state index in [-0.39, 0.29) is 5.75 Å². The third kappa shape index (κ3) is 4.20. The smallest absolute Gasteiger partial charge is 0.119 e. The molecule has 1 fully saturated rings. The highest BCUT2D eigenvalue weighted by molar-refractivity contribution is 5.66. The molecule has 4 rings (SSSR count). The van der Waals surface area contributed by atoms with Crippen LogP contribution in [0.25, 0.3) is 16.9 Å². The first-order chi connectivity index (χ1) is 13.7. The third-order valence-corrected chi connectivity index (χ3v) is 5.32. The minimum absolute atomic E-state index is 0.249. The largest absolute Gasteiger partial charge is 0.508 e. The first-order valence-electron chi connectivity index (χ1n) is 10.0. The van der Waals surface area contributed by atoms with Crippen molar-refractivity contribution in [2.45, 2.75) is 38.6 Å². The number of hydrogen-bond donors (Lipinski definition) is 2. The van der Waals surface area contributed by atoms with Crippen LogP contribution in [-0.2, 0) is 0 Å². The first kappa shape index (κ1) is 18.6. The van der Waals surface area contributed by atoms with Gasteiger partial charge in [-0.3, -0.25) is 0 Å². The van der Waals surface area contributed by atoms with Crippen molar-refractivity contribution in [2.75, 3.05) is 13.2 Å². The maximum Gasteiger partial charge on any atom is 0.119 e. The average molecular weight is 377 g/mol. The summed E-state index contributed by atoms with van der Waals surface area (Å²) in [4.78, 5) is 0. The fourth-order valence-electron chi connectivity index (χ4n) is 3.77. The van der Waals surface area contributed by atoms with Gasteiger partial charge in [-0.2, -0.15) is 5.10 Å². The summed E-state index contributed by atoms with van der Waals surface area (Å²) in [6, 6.07) is 15.9. The molecule has 5 heteroatoms. The van der Waals surface area contributed by atoms with Crippen molar-refractivity contribution < 1.29 is 9.84 Å². The number of rotatable bonds is 6. The van der Waals surface area contributed by atoms with Gasteiger partial charge in [-0.1, -0.05) is 6.42 Å². The van der Waals surface area contributed by atoms with Gasteiger partial charge >= 0.3 is 0 Å². The Morgan fingerprint density at radius 1 is 1.11 bits per heavy atom. The molecule has 1 atom stereocenters. The number of aromatic nitrogens is 2. The number of aryl methyl sites for hydroxylation is 1. The van der Waals surface area contributed by atoms with Gasteiger partial charge in [0, 0.05) is 11.6 Å². The molecule has 0 radical (unpaired) electrons. The zero-order valence-electron chi connectivity index (χ0n) is 16.3. The highest BCUT2D eigenvalue weighted by Crippen LogP contribution is 2.28. The minimum atomic E-state index is 0.249. The summed E-state index contributed by atoms with van der Waals surface area (Å²) in [5.41, 5.74) is 4.15. The van der Waals surface area contributed by atoms with Crippen LogP contribution in [0.3, 0.4) is 0 Å². The van der Waals surface area contributed by atoms with Gasteiger partial charge in [0.1, 0.15) is 11.5 Å². The fourth-order valence-corrected chi connectivity index (χ4v) is 3.77. The number of benzene rings is 2. The monoisotopic (exact) mass is 377 g/mol. The van der Waals surface area contributed by atoms with Crippen LogP contribution in [0, 0.1) is 6.92 Å². The number of ether oxygens (including phenoxy) is 1. The van der Waals surface area contributed by atoms with Gasteiger partial charge in [-0.05, 0) is 86.8 Å². The molecule has 2 N–H and O–H groups in total. The van der Waals surface area contributed by atoms with E-state index < -0.39 is 0 Å². The van der Waals surface area contributed by atoms with Crippen LogP contribution in [-0.4, -0.2) is 34.1 Å². The number of nitrogens with one attached hydrogen (secondary N) is 1. The van der Waals surface area contributed by atoms with Crippen molar-refractivity contribution in [2.24, 2.45) is 0 Å². The first-order valence-corrected chi connectivity index (χ1v) is 10.0. The summed E-state index contributed by atoms with van der Waals surface area (Å²) in [5, 5.41) is 17.6. The lowest BCUT2D eigenvalue weighted by molar-refractivity contribution is 0.268. The second kappa shape index (κ2) is 8.48. The van der Waals surface area contributed by atoms with Gasteiger partial charge in [0.15, 0.2) is 0 Å². The van der Waals surface area contributed by atoms with Gasteiger partial charge in [-0.15, -0.1) is 0 Å². The fraction of sp³-hybridized carbons (Fsp3) is 0.348. The molecule has 146 valence electrons. The summed E-state index contributed by atoms with van der Waals surface area (Å²) in [6.07, 6.45) is 6.78. The van der Waals surface area contributed by atoms with Gasteiger partial charge in [0.25, 0.3) is 0 Å². The molecule has 2 heterocycles. The molecule has 1 aliphatic rings.